The summed E-state index contributed by atoms with van der Waals surface area (Å²) in [6, 6.07) is 0. The Bertz CT molecular complexity index is 316. The number of alkyl halides is 1. The number of piperidine rings is 2. The molecule has 2 aliphatic rings. The lowest BCUT2D eigenvalue weighted by Gasteiger charge is -2.26. The van der Waals surface area contributed by atoms with Crippen molar-refractivity contribution in [3.05, 3.63) is 0 Å². The fourth-order valence-electron chi connectivity index (χ4n) is 2.43. The highest BCUT2D eigenvalue weighted by Crippen LogP contribution is 2.14. The third-order valence-corrected chi connectivity index (χ3v) is 3.62. The first kappa shape index (κ1) is 27.7. The highest BCUT2D eigenvalue weighted by atomic mass is 127. The summed E-state index contributed by atoms with van der Waals surface area (Å²) < 4.78 is 0. The SMILES string of the molecule is C.CCl.CN1CCCC(C(=O)O)C1.I.O=C(O)C1CCCNC1. The Balaban J connectivity index is -0.000000292. The molecule has 0 saturated carbocycles. The number of likely N-dealkylation sites (tertiary alicyclic amines) is 1. The molecule has 0 aromatic heterocycles. The van der Waals surface area contributed by atoms with Crippen LogP contribution in [-0.2, 0) is 9.59 Å². The molecule has 2 heterocycles. The Morgan fingerprint density at radius 1 is 1.09 bits per heavy atom. The smallest absolute Gasteiger partial charge is 0.307 e. The number of nitrogens with zero attached hydrogens (tertiary/aromatic N) is 1. The minimum Gasteiger partial charge on any atom is -0.481 e. The molecule has 0 aliphatic carbocycles. The Morgan fingerprint density at radius 3 is 1.91 bits per heavy atom. The molecule has 0 spiro atoms. The van der Waals surface area contributed by atoms with Gasteiger partial charge in [-0.25, -0.2) is 0 Å². The second kappa shape index (κ2) is 16.7. The summed E-state index contributed by atoms with van der Waals surface area (Å²) in [5, 5.41) is 20.2. The van der Waals surface area contributed by atoms with Crippen LogP contribution >= 0.6 is 35.6 Å². The molecule has 6 nitrogen and oxygen atoms in total. The number of hydrogen-bond donors (Lipinski definition) is 3. The molecule has 23 heavy (non-hydrogen) atoms. The number of aliphatic carboxylic acids is 2. The van der Waals surface area contributed by atoms with Gasteiger partial charge >= 0.3 is 11.9 Å². The van der Waals surface area contributed by atoms with Crippen molar-refractivity contribution in [2.24, 2.45) is 11.8 Å². The molecule has 2 rings (SSSR count). The van der Waals surface area contributed by atoms with Gasteiger partial charge < -0.3 is 20.4 Å². The van der Waals surface area contributed by atoms with Gasteiger partial charge in [-0.2, -0.15) is 0 Å². The van der Waals surface area contributed by atoms with E-state index in [1.807, 2.05) is 7.05 Å². The first-order chi connectivity index (χ1) is 10.0. The van der Waals surface area contributed by atoms with E-state index >= 15 is 0 Å². The molecule has 3 N–H and O–H groups in total. The topological polar surface area (TPSA) is 89.9 Å². The van der Waals surface area contributed by atoms with Crippen LogP contribution in [0.25, 0.3) is 0 Å². The lowest BCUT2D eigenvalue weighted by Crippen LogP contribution is -2.35. The van der Waals surface area contributed by atoms with Crippen LogP contribution in [0.3, 0.4) is 0 Å². The van der Waals surface area contributed by atoms with Crippen LogP contribution in [0.1, 0.15) is 33.1 Å². The first-order valence-electron chi connectivity index (χ1n) is 7.23. The van der Waals surface area contributed by atoms with E-state index in [2.05, 4.69) is 21.8 Å². The van der Waals surface area contributed by atoms with Crippen molar-refractivity contribution in [3.8, 4) is 0 Å². The van der Waals surface area contributed by atoms with Gasteiger partial charge in [-0.1, -0.05) is 7.43 Å². The lowest BCUT2D eigenvalue weighted by atomic mass is 9.99. The lowest BCUT2D eigenvalue weighted by molar-refractivity contribution is -0.143. The van der Waals surface area contributed by atoms with Crippen LogP contribution in [0.2, 0.25) is 0 Å². The zero-order valence-corrected chi connectivity index (χ0v) is 16.3. The van der Waals surface area contributed by atoms with Crippen LogP contribution in [0, 0.1) is 11.8 Å². The highest BCUT2D eigenvalue weighted by Gasteiger charge is 2.22. The number of nitrogens with one attached hydrogen (secondary N) is 1. The zero-order valence-electron chi connectivity index (χ0n) is 13.3. The third-order valence-electron chi connectivity index (χ3n) is 3.62. The molecule has 0 radical (unpaired) electrons. The Hall–Kier alpha value is -0.120. The summed E-state index contributed by atoms with van der Waals surface area (Å²) in [7, 11) is 1.97. The minimum absolute atomic E-state index is 0. The second-order valence-corrected chi connectivity index (χ2v) is 5.32. The van der Waals surface area contributed by atoms with E-state index in [4.69, 9.17) is 10.2 Å². The van der Waals surface area contributed by atoms with Crippen LogP contribution in [0.4, 0.5) is 0 Å². The number of carbonyl (C=O) groups is 2. The van der Waals surface area contributed by atoms with Crippen LogP contribution < -0.4 is 5.32 Å². The van der Waals surface area contributed by atoms with Crippen LogP contribution in [0.15, 0.2) is 0 Å². The van der Waals surface area contributed by atoms with Crippen molar-refractivity contribution in [1.29, 1.82) is 0 Å². The van der Waals surface area contributed by atoms with Gasteiger partial charge in [-0.05, 0) is 45.8 Å². The number of halogens is 2. The number of carboxylic acids is 2. The molecule has 0 bridgehead atoms. The maximum absolute atomic E-state index is 10.5. The molecule has 0 amide bonds. The second-order valence-electron chi connectivity index (χ2n) is 5.32. The van der Waals surface area contributed by atoms with Gasteiger partial charge in [0.25, 0.3) is 0 Å². The number of rotatable bonds is 2. The molecule has 2 unspecified atom stereocenters. The van der Waals surface area contributed by atoms with Gasteiger partial charge in [0.15, 0.2) is 0 Å². The van der Waals surface area contributed by atoms with Crippen molar-refractivity contribution in [2.45, 2.75) is 33.1 Å². The molecular formula is C15H32ClIN2O4. The normalized spacial score (nSPS) is 23.4. The quantitative estimate of drug-likeness (QED) is 0.428. The molecule has 2 saturated heterocycles. The van der Waals surface area contributed by atoms with Gasteiger partial charge in [0.2, 0.25) is 0 Å². The van der Waals surface area contributed by atoms with E-state index < -0.39 is 11.9 Å². The monoisotopic (exact) mass is 466 g/mol. The summed E-state index contributed by atoms with van der Waals surface area (Å²) in [4.78, 5) is 22.9. The number of hydrogen-bond acceptors (Lipinski definition) is 4. The molecule has 2 atom stereocenters. The molecule has 0 aromatic rings. The van der Waals surface area contributed by atoms with Gasteiger partial charge in [-0.3, -0.25) is 9.59 Å². The predicted molar refractivity (Wildman–Crippen MR) is 105 cm³/mol. The van der Waals surface area contributed by atoms with Gasteiger partial charge in [0.1, 0.15) is 0 Å². The van der Waals surface area contributed by atoms with E-state index in [0.717, 1.165) is 45.3 Å². The summed E-state index contributed by atoms with van der Waals surface area (Å²) in [5.41, 5.74) is 0. The van der Waals surface area contributed by atoms with Crippen molar-refractivity contribution < 1.29 is 19.8 Å². The van der Waals surface area contributed by atoms with E-state index in [0.29, 0.717) is 6.54 Å². The first-order valence-corrected chi connectivity index (χ1v) is 7.99. The van der Waals surface area contributed by atoms with Crippen LogP contribution in [-0.4, -0.2) is 66.7 Å². The Morgan fingerprint density at radius 2 is 1.61 bits per heavy atom. The van der Waals surface area contributed by atoms with Crippen molar-refractivity contribution in [2.75, 3.05) is 39.6 Å². The van der Waals surface area contributed by atoms with E-state index in [1.165, 1.54) is 6.38 Å². The largest absolute Gasteiger partial charge is 0.481 e. The van der Waals surface area contributed by atoms with Gasteiger partial charge in [-0.15, -0.1) is 35.6 Å². The molecule has 2 aliphatic heterocycles. The zero-order chi connectivity index (χ0) is 16.3. The van der Waals surface area contributed by atoms with Gasteiger partial charge in [0.05, 0.1) is 11.8 Å². The summed E-state index contributed by atoms with van der Waals surface area (Å²) in [6.07, 6.45) is 5.17. The van der Waals surface area contributed by atoms with E-state index in [1.54, 1.807) is 0 Å². The maximum atomic E-state index is 10.5. The van der Waals surface area contributed by atoms with Gasteiger partial charge in [0, 0.05) is 19.5 Å². The Labute approximate surface area is 162 Å². The van der Waals surface area contributed by atoms with Crippen molar-refractivity contribution in [3.63, 3.8) is 0 Å². The standard InChI is InChI=1S/C7H13NO2.C6H11NO2.CH3Cl.CH4.HI/c1-8-4-2-3-6(5-8)7(9)10;8-6(9)5-2-1-3-7-4-5;1-2;;/h6H,2-5H2,1H3,(H,9,10);5,7H,1-4H2,(H,8,9);1H3;1H4;1H. The summed E-state index contributed by atoms with van der Waals surface area (Å²) in [6.45, 7) is 3.39. The summed E-state index contributed by atoms with van der Waals surface area (Å²) in [5.74, 6) is -1.58. The third kappa shape index (κ3) is 12.9. The van der Waals surface area contributed by atoms with Crippen molar-refractivity contribution in [1.82, 2.24) is 10.2 Å². The average molecular weight is 467 g/mol. The number of carboxylic acid groups (broad SMARTS) is 2. The summed E-state index contributed by atoms with van der Waals surface area (Å²) >= 11 is 4.64. The van der Waals surface area contributed by atoms with E-state index in [9.17, 15) is 9.59 Å². The molecular weight excluding hydrogens is 435 g/mol. The molecule has 8 heteroatoms. The minimum atomic E-state index is -0.665. The fourth-order valence-corrected chi connectivity index (χ4v) is 2.43. The highest BCUT2D eigenvalue weighted by molar-refractivity contribution is 14.0. The predicted octanol–water partition coefficient (Wildman–Crippen LogP) is 2.59. The van der Waals surface area contributed by atoms with Crippen LogP contribution in [0.5, 0.6) is 0 Å². The maximum Gasteiger partial charge on any atom is 0.307 e. The molecule has 0 aromatic carbocycles. The van der Waals surface area contributed by atoms with Crippen molar-refractivity contribution >= 4 is 47.5 Å². The molecule has 2 fully saturated rings. The van der Waals surface area contributed by atoms with E-state index in [-0.39, 0.29) is 43.2 Å². The average Bonchev–Trinajstić information content (AvgIpc) is 2.51. The fraction of sp³-hybridized carbons (Fsp3) is 0.867. The Kier molecular flexibility index (Phi) is 20.2. The molecule has 140 valence electrons.